The Kier molecular flexibility index (Phi) is 4.87. The summed E-state index contributed by atoms with van der Waals surface area (Å²) in [5, 5.41) is 9.31. The molecule has 0 unspecified atom stereocenters. The third-order valence-electron chi connectivity index (χ3n) is 8.50. The zero-order valence-electron chi connectivity index (χ0n) is 22.6. The lowest BCUT2D eigenvalue weighted by molar-refractivity contribution is 1.16. The minimum Gasteiger partial charge on any atom is -0.309 e. The second kappa shape index (κ2) is 8.88. The average Bonchev–Trinajstić information content (AvgIpc) is 3.06. The molecule has 0 atom stereocenters. The quantitative estimate of drug-likeness (QED) is 0.206. The maximum atomic E-state index is 4.61. The molecule has 0 saturated heterocycles. The fourth-order valence-electron chi connectivity index (χ4n) is 6.70. The minimum atomic E-state index is 1.10. The Hall–Kier alpha value is -5.74. The van der Waals surface area contributed by atoms with Crippen LogP contribution in [0.4, 0.5) is 0 Å². The van der Waals surface area contributed by atoms with Gasteiger partial charge in [-0.3, -0.25) is 9.97 Å². The van der Waals surface area contributed by atoms with E-state index in [1.807, 2.05) is 24.8 Å². The van der Waals surface area contributed by atoms with Crippen molar-refractivity contribution in [3.8, 4) is 11.4 Å². The third kappa shape index (κ3) is 3.23. The monoisotopic (exact) mass is 536 g/mol. The van der Waals surface area contributed by atoms with Crippen LogP contribution in [0.25, 0.3) is 76.5 Å². The molecular formula is C38H24N4. The van der Waals surface area contributed by atoms with Gasteiger partial charge in [-0.05, 0) is 82.2 Å². The first kappa shape index (κ1) is 23.0. The molecule has 0 fully saturated rings. The Morgan fingerprint density at radius 1 is 0.333 bits per heavy atom. The number of para-hydroxylation sites is 2. The highest BCUT2D eigenvalue weighted by Crippen LogP contribution is 2.39. The molecule has 0 aliphatic carbocycles. The number of nitrogens with zero attached hydrogens (tertiary/aromatic N) is 4. The summed E-state index contributed by atoms with van der Waals surface area (Å²) in [6.07, 6.45) is 7.80. The van der Waals surface area contributed by atoms with Gasteiger partial charge in [-0.15, -0.1) is 0 Å². The van der Waals surface area contributed by atoms with Gasteiger partial charge in [-0.1, -0.05) is 60.7 Å². The van der Waals surface area contributed by atoms with Crippen molar-refractivity contribution >= 4 is 65.2 Å². The number of hydrogen-bond donors (Lipinski definition) is 0. The second-order valence-corrected chi connectivity index (χ2v) is 10.7. The van der Waals surface area contributed by atoms with Crippen LogP contribution in [0.3, 0.4) is 0 Å². The topological polar surface area (TPSA) is 35.6 Å². The molecule has 0 spiro atoms. The zero-order chi connectivity index (χ0) is 27.6. The molecule has 42 heavy (non-hydrogen) atoms. The van der Waals surface area contributed by atoms with Crippen LogP contribution >= 0.6 is 0 Å². The summed E-state index contributed by atoms with van der Waals surface area (Å²) in [5.74, 6) is 0. The molecule has 3 heterocycles. The Labute approximate surface area is 241 Å². The van der Waals surface area contributed by atoms with Crippen molar-refractivity contribution in [2.75, 3.05) is 0 Å². The van der Waals surface area contributed by atoms with Crippen LogP contribution in [0.1, 0.15) is 0 Å². The van der Waals surface area contributed by atoms with Crippen molar-refractivity contribution in [2.45, 2.75) is 0 Å². The standard InChI is InChI=1S/C38H24N4/c1-3-9-25(10-4-1)41-35-15-7-13-27-30-18-20-40-24-34(30)38(22-31(27)35)42(26-11-5-2-6-12-26)36-16-8-14-28-29-17-19-39-23-33(29)37(41)21-32(28)36/h1-24H. The van der Waals surface area contributed by atoms with Gasteiger partial charge in [0.1, 0.15) is 0 Å². The molecule has 0 amide bonds. The molecular weight excluding hydrogens is 512 g/mol. The Bertz CT molecular complexity index is 2330. The highest BCUT2D eigenvalue weighted by molar-refractivity contribution is 6.22. The van der Waals surface area contributed by atoms with E-state index < -0.39 is 0 Å². The van der Waals surface area contributed by atoms with Gasteiger partial charge in [0.05, 0.1) is 22.1 Å². The largest absolute Gasteiger partial charge is 0.309 e. The van der Waals surface area contributed by atoms with Gasteiger partial charge in [0, 0.05) is 57.7 Å². The van der Waals surface area contributed by atoms with Gasteiger partial charge in [0.2, 0.25) is 0 Å². The lowest BCUT2D eigenvalue weighted by atomic mass is 9.98. The SMILES string of the molecule is c1ccc(-n2c3cccc4c5ccncc5c(cc43)n(-c3ccccc3)c3cccc4c5ccncc5c2cc43)cc1. The van der Waals surface area contributed by atoms with E-state index >= 15 is 0 Å². The van der Waals surface area contributed by atoms with Crippen molar-refractivity contribution in [1.29, 1.82) is 0 Å². The summed E-state index contributed by atoms with van der Waals surface area (Å²) in [6, 6.07) is 43.6. The Morgan fingerprint density at radius 3 is 1.21 bits per heavy atom. The molecule has 9 rings (SSSR count). The molecule has 0 saturated carbocycles. The summed E-state index contributed by atoms with van der Waals surface area (Å²) >= 11 is 0. The van der Waals surface area contributed by atoms with Gasteiger partial charge in [0.15, 0.2) is 0 Å². The highest BCUT2D eigenvalue weighted by Gasteiger charge is 2.16. The average molecular weight is 537 g/mol. The van der Waals surface area contributed by atoms with E-state index in [9.17, 15) is 0 Å². The van der Waals surface area contributed by atoms with E-state index in [2.05, 4.69) is 140 Å². The maximum Gasteiger partial charge on any atom is 0.0562 e. The Morgan fingerprint density at radius 2 is 0.762 bits per heavy atom. The predicted molar refractivity (Wildman–Crippen MR) is 175 cm³/mol. The van der Waals surface area contributed by atoms with Crippen LogP contribution in [0, 0.1) is 0 Å². The van der Waals surface area contributed by atoms with E-state index in [-0.39, 0.29) is 0 Å². The van der Waals surface area contributed by atoms with Gasteiger partial charge in [-0.2, -0.15) is 0 Å². The number of rotatable bonds is 2. The second-order valence-electron chi connectivity index (χ2n) is 10.7. The molecule has 3 aromatic heterocycles. The molecule has 0 aliphatic rings. The summed E-state index contributed by atoms with van der Waals surface area (Å²) in [4.78, 5) is 9.21. The van der Waals surface area contributed by atoms with Crippen LogP contribution < -0.4 is 0 Å². The molecule has 6 aromatic carbocycles. The van der Waals surface area contributed by atoms with Crippen molar-refractivity contribution in [3.63, 3.8) is 0 Å². The smallest absolute Gasteiger partial charge is 0.0562 e. The van der Waals surface area contributed by atoms with Gasteiger partial charge in [-0.25, -0.2) is 0 Å². The molecule has 0 aliphatic heterocycles. The van der Waals surface area contributed by atoms with Crippen LogP contribution in [0.15, 0.2) is 146 Å². The molecule has 8 bridgehead atoms. The van der Waals surface area contributed by atoms with Crippen LogP contribution in [0.5, 0.6) is 0 Å². The Balaban J connectivity index is 1.72. The van der Waals surface area contributed by atoms with Crippen molar-refractivity contribution in [3.05, 3.63) is 146 Å². The lowest BCUT2D eigenvalue weighted by Gasteiger charge is -2.20. The first-order valence-electron chi connectivity index (χ1n) is 14.2. The molecule has 0 radical (unpaired) electrons. The van der Waals surface area contributed by atoms with E-state index in [0.717, 1.165) is 44.2 Å². The fraction of sp³-hybridized carbons (Fsp3) is 0. The number of pyridine rings is 2. The fourth-order valence-corrected chi connectivity index (χ4v) is 6.70. The zero-order valence-corrected chi connectivity index (χ0v) is 22.6. The van der Waals surface area contributed by atoms with Crippen molar-refractivity contribution in [1.82, 2.24) is 19.1 Å². The molecule has 4 heteroatoms. The highest BCUT2D eigenvalue weighted by atomic mass is 15.0. The molecule has 9 aromatic rings. The van der Waals surface area contributed by atoms with E-state index in [0.29, 0.717) is 0 Å². The number of benzene rings is 6. The normalized spacial score (nSPS) is 11.8. The van der Waals surface area contributed by atoms with Crippen molar-refractivity contribution < 1.29 is 0 Å². The number of aromatic nitrogens is 4. The summed E-state index contributed by atoms with van der Waals surface area (Å²) in [5.41, 5.74) is 6.64. The van der Waals surface area contributed by atoms with Gasteiger partial charge >= 0.3 is 0 Å². The van der Waals surface area contributed by atoms with Gasteiger partial charge < -0.3 is 9.13 Å². The minimum absolute atomic E-state index is 1.10. The van der Waals surface area contributed by atoms with Crippen LogP contribution in [-0.4, -0.2) is 19.1 Å². The predicted octanol–water partition coefficient (Wildman–Crippen LogP) is 9.54. The first-order chi connectivity index (χ1) is 20.9. The van der Waals surface area contributed by atoms with Crippen LogP contribution in [0.2, 0.25) is 0 Å². The first-order valence-corrected chi connectivity index (χ1v) is 14.2. The maximum absolute atomic E-state index is 4.61. The van der Waals surface area contributed by atoms with E-state index in [4.69, 9.17) is 0 Å². The summed E-state index contributed by atoms with van der Waals surface area (Å²) in [7, 11) is 0. The molecule has 196 valence electrons. The summed E-state index contributed by atoms with van der Waals surface area (Å²) < 4.78 is 4.80. The van der Waals surface area contributed by atoms with E-state index in [1.54, 1.807) is 0 Å². The van der Waals surface area contributed by atoms with Crippen molar-refractivity contribution in [2.24, 2.45) is 0 Å². The van der Waals surface area contributed by atoms with Crippen LogP contribution in [-0.2, 0) is 0 Å². The third-order valence-corrected chi connectivity index (χ3v) is 8.50. The molecule has 0 N–H and O–H groups in total. The van der Waals surface area contributed by atoms with Gasteiger partial charge in [0.25, 0.3) is 0 Å². The number of hydrogen-bond acceptors (Lipinski definition) is 2. The molecule has 4 nitrogen and oxygen atoms in total. The lowest BCUT2D eigenvalue weighted by Crippen LogP contribution is -2.03. The summed E-state index contributed by atoms with van der Waals surface area (Å²) in [6.45, 7) is 0. The van der Waals surface area contributed by atoms with E-state index in [1.165, 1.54) is 32.3 Å².